The number of hydrogen-bond acceptors (Lipinski definition) is 4. The Morgan fingerprint density at radius 2 is 2.05 bits per heavy atom. The first kappa shape index (κ1) is 15.2. The van der Waals surface area contributed by atoms with Crippen molar-refractivity contribution in [2.45, 2.75) is 6.54 Å². The van der Waals surface area contributed by atoms with Crippen molar-refractivity contribution in [2.75, 3.05) is 13.6 Å². The fourth-order valence-corrected chi connectivity index (χ4v) is 2.06. The number of halogens is 1. The summed E-state index contributed by atoms with van der Waals surface area (Å²) in [6.45, 7) is 0.756. The number of aromatic amines is 1. The number of carbonyl (C=O) groups is 1. The van der Waals surface area contributed by atoms with Gasteiger partial charge in [-0.25, -0.2) is 0 Å². The lowest BCUT2D eigenvalue weighted by molar-refractivity contribution is -0.384. The highest BCUT2D eigenvalue weighted by atomic mass is 35.5. The number of nitrogens with one attached hydrogen (secondary N) is 1. The summed E-state index contributed by atoms with van der Waals surface area (Å²) in [6, 6.07) is 8.62. The Labute approximate surface area is 126 Å². The molecular weight excluding hydrogens is 294 g/mol. The molecule has 0 unspecified atom stereocenters. The van der Waals surface area contributed by atoms with Crippen molar-refractivity contribution >= 4 is 23.1 Å². The van der Waals surface area contributed by atoms with Gasteiger partial charge in [0.15, 0.2) is 5.78 Å². The van der Waals surface area contributed by atoms with E-state index in [1.165, 1.54) is 12.3 Å². The van der Waals surface area contributed by atoms with E-state index in [0.29, 0.717) is 11.6 Å². The van der Waals surface area contributed by atoms with E-state index in [9.17, 15) is 14.9 Å². The summed E-state index contributed by atoms with van der Waals surface area (Å²) < 4.78 is 0. The summed E-state index contributed by atoms with van der Waals surface area (Å²) in [4.78, 5) is 26.5. The van der Waals surface area contributed by atoms with E-state index in [-0.39, 0.29) is 23.7 Å². The SMILES string of the molecule is CN(CC(=O)c1cc([N+](=O)[O-])c[nH]1)Cc1ccc(Cl)cc1. The van der Waals surface area contributed by atoms with Crippen LogP contribution in [0.3, 0.4) is 0 Å². The van der Waals surface area contributed by atoms with Crippen LogP contribution in [0.2, 0.25) is 5.02 Å². The lowest BCUT2D eigenvalue weighted by Gasteiger charge is -2.15. The Bertz CT molecular complexity index is 652. The van der Waals surface area contributed by atoms with E-state index < -0.39 is 4.92 Å². The zero-order chi connectivity index (χ0) is 15.4. The minimum Gasteiger partial charge on any atom is -0.353 e. The smallest absolute Gasteiger partial charge is 0.287 e. The molecule has 110 valence electrons. The Balaban J connectivity index is 1.95. The van der Waals surface area contributed by atoms with E-state index >= 15 is 0 Å². The molecule has 0 amide bonds. The van der Waals surface area contributed by atoms with Gasteiger partial charge in [-0.2, -0.15) is 0 Å². The van der Waals surface area contributed by atoms with Crippen LogP contribution in [0.15, 0.2) is 36.5 Å². The zero-order valence-corrected chi connectivity index (χ0v) is 12.1. The number of carbonyl (C=O) groups excluding carboxylic acids is 1. The van der Waals surface area contributed by atoms with E-state index in [1.54, 1.807) is 12.1 Å². The molecule has 0 fully saturated rings. The maximum atomic E-state index is 12.0. The molecule has 0 aliphatic rings. The highest BCUT2D eigenvalue weighted by Gasteiger charge is 2.16. The molecule has 1 aromatic heterocycles. The molecule has 7 heteroatoms. The van der Waals surface area contributed by atoms with Gasteiger partial charge in [0.25, 0.3) is 5.69 Å². The number of benzene rings is 1. The molecule has 1 aromatic carbocycles. The van der Waals surface area contributed by atoms with Gasteiger partial charge in [-0.15, -0.1) is 0 Å². The summed E-state index contributed by atoms with van der Waals surface area (Å²) in [7, 11) is 1.81. The van der Waals surface area contributed by atoms with Crippen molar-refractivity contribution in [3.8, 4) is 0 Å². The Morgan fingerprint density at radius 1 is 1.38 bits per heavy atom. The standard InChI is InChI=1S/C14H14ClN3O3/c1-17(8-10-2-4-11(15)5-3-10)9-14(19)13-6-12(7-16-13)18(20)21/h2-7,16H,8-9H2,1H3. The fraction of sp³-hybridized carbons (Fsp3) is 0.214. The van der Waals surface area contributed by atoms with Crippen LogP contribution in [0.4, 0.5) is 5.69 Å². The van der Waals surface area contributed by atoms with Gasteiger partial charge in [-0.1, -0.05) is 23.7 Å². The van der Waals surface area contributed by atoms with Gasteiger partial charge in [-0.05, 0) is 24.7 Å². The summed E-state index contributed by atoms with van der Waals surface area (Å²) in [5.74, 6) is -0.195. The topological polar surface area (TPSA) is 79.2 Å². The molecule has 6 nitrogen and oxygen atoms in total. The monoisotopic (exact) mass is 307 g/mol. The van der Waals surface area contributed by atoms with Gasteiger partial charge in [0.2, 0.25) is 0 Å². The van der Waals surface area contributed by atoms with Crippen molar-refractivity contribution in [1.82, 2.24) is 9.88 Å². The van der Waals surface area contributed by atoms with Crippen LogP contribution in [0.25, 0.3) is 0 Å². The molecule has 21 heavy (non-hydrogen) atoms. The third-order valence-electron chi connectivity index (χ3n) is 2.96. The van der Waals surface area contributed by atoms with Crippen LogP contribution in [-0.2, 0) is 6.54 Å². The van der Waals surface area contributed by atoms with Crippen molar-refractivity contribution in [1.29, 1.82) is 0 Å². The lowest BCUT2D eigenvalue weighted by atomic mass is 10.2. The molecule has 0 saturated carbocycles. The van der Waals surface area contributed by atoms with Gasteiger partial charge in [0, 0.05) is 17.6 Å². The Morgan fingerprint density at radius 3 is 2.62 bits per heavy atom. The predicted molar refractivity (Wildman–Crippen MR) is 79.6 cm³/mol. The van der Waals surface area contributed by atoms with Gasteiger partial charge in [-0.3, -0.25) is 19.8 Å². The molecule has 0 aliphatic heterocycles. The van der Waals surface area contributed by atoms with Crippen molar-refractivity contribution in [3.63, 3.8) is 0 Å². The fourth-order valence-electron chi connectivity index (χ4n) is 1.94. The molecule has 0 bridgehead atoms. The molecule has 1 heterocycles. The van der Waals surface area contributed by atoms with Crippen LogP contribution in [0.1, 0.15) is 16.1 Å². The summed E-state index contributed by atoms with van der Waals surface area (Å²) >= 11 is 5.81. The molecule has 2 aromatic rings. The van der Waals surface area contributed by atoms with E-state index in [4.69, 9.17) is 11.6 Å². The highest BCUT2D eigenvalue weighted by molar-refractivity contribution is 6.30. The zero-order valence-electron chi connectivity index (χ0n) is 11.4. The number of Topliss-reactive ketones (excluding diaryl/α,β-unsaturated/α-hetero) is 1. The van der Waals surface area contributed by atoms with Crippen molar-refractivity contribution in [2.24, 2.45) is 0 Å². The van der Waals surface area contributed by atoms with Gasteiger partial charge < -0.3 is 4.98 Å². The molecule has 1 N–H and O–H groups in total. The average molecular weight is 308 g/mol. The minimum absolute atomic E-state index is 0.112. The number of H-pyrrole nitrogens is 1. The number of aromatic nitrogens is 1. The van der Waals surface area contributed by atoms with E-state index in [2.05, 4.69) is 4.98 Å². The normalized spacial score (nSPS) is 10.8. The number of hydrogen-bond donors (Lipinski definition) is 1. The molecule has 0 spiro atoms. The minimum atomic E-state index is -0.537. The maximum Gasteiger partial charge on any atom is 0.287 e. The molecule has 0 aliphatic carbocycles. The number of nitro groups is 1. The van der Waals surface area contributed by atoms with Crippen LogP contribution >= 0.6 is 11.6 Å². The molecule has 2 rings (SSSR count). The number of ketones is 1. The first-order valence-corrected chi connectivity index (χ1v) is 6.62. The van der Waals surface area contributed by atoms with Crippen molar-refractivity contribution in [3.05, 3.63) is 62.9 Å². The second-order valence-electron chi connectivity index (χ2n) is 4.75. The van der Waals surface area contributed by atoms with Gasteiger partial charge in [0.1, 0.15) is 0 Å². The van der Waals surface area contributed by atoms with E-state index in [1.807, 2.05) is 24.1 Å². The quantitative estimate of drug-likeness (QED) is 0.505. The summed E-state index contributed by atoms with van der Waals surface area (Å²) in [5.41, 5.74) is 1.16. The maximum absolute atomic E-state index is 12.0. The van der Waals surface area contributed by atoms with Crippen LogP contribution < -0.4 is 0 Å². The third kappa shape index (κ3) is 4.14. The van der Waals surface area contributed by atoms with Crippen LogP contribution in [0, 0.1) is 10.1 Å². The summed E-state index contributed by atoms with van der Waals surface area (Å²) in [5, 5.41) is 11.2. The summed E-state index contributed by atoms with van der Waals surface area (Å²) in [6.07, 6.45) is 1.21. The van der Waals surface area contributed by atoms with Gasteiger partial charge >= 0.3 is 0 Å². The predicted octanol–water partition coefficient (Wildman–Crippen LogP) is 2.89. The second-order valence-corrected chi connectivity index (χ2v) is 5.19. The van der Waals surface area contributed by atoms with Gasteiger partial charge in [0.05, 0.1) is 23.4 Å². The van der Waals surface area contributed by atoms with Crippen LogP contribution in [-0.4, -0.2) is 34.2 Å². The largest absolute Gasteiger partial charge is 0.353 e. The Hall–Kier alpha value is -2.18. The number of rotatable bonds is 6. The highest BCUT2D eigenvalue weighted by Crippen LogP contribution is 2.14. The molecule has 0 radical (unpaired) electrons. The van der Waals surface area contributed by atoms with Crippen LogP contribution in [0.5, 0.6) is 0 Å². The Kier molecular flexibility index (Phi) is 4.72. The molecule has 0 atom stereocenters. The molecular formula is C14H14ClN3O3. The average Bonchev–Trinajstić information content (AvgIpc) is 2.91. The van der Waals surface area contributed by atoms with Crippen molar-refractivity contribution < 1.29 is 9.72 Å². The third-order valence-corrected chi connectivity index (χ3v) is 3.21. The lowest BCUT2D eigenvalue weighted by Crippen LogP contribution is -2.25. The first-order chi connectivity index (χ1) is 9.95. The van der Waals surface area contributed by atoms with E-state index in [0.717, 1.165) is 5.56 Å². The first-order valence-electron chi connectivity index (χ1n) is 6.24. The molecule has 0 saturated heterocycles. The number of likely N-dealkylation sites (N-methyl/N-ethyl adjacent to an activating group) is 1. The number of nitrogens with zero attached hydrogens (tertiary/aromatic N) is 2. The second kappa shape index (κ2) is 6.51.